The van der Waals surface area contributed by atoms with Crippen molar-refractivity contribution in [3.63, 3.8) is 0 Å². The van der Waals surface area contributed by atoms with E-state index in [2.05, 4.69) is 22.0 Å². The lowest BCUT2D eigenvalue weighted by Gasteiger charge is -2.35. The summed E-state index contributed by atoms with van der Waals surface area (Å²) in [4.78, 5) is 14.1. The standard InChI is InChI=1S/C14H26N2O2S/c1-2-18-10-14(17)15-9-12-3-6-16(7-4-12)13-5-8-19-11-13/h12-13H,2-11H2,1H3,(H,15,17)/t13-/m0/s1. The maximum absolute atomic E-state index is 11.5. The number of hydrogen-bond acceptors (Lipinski definition) is 4. The van der Waals surface area contributed by atoms with Crippen molar-refractivity contribution in [1.82, 2.24) is 10.2 Å². The van der Waals surface area contributed by atoms with Crippen molar-refractivity contribution in [3.8, 4) is 0 Å². The monoisotopic (exact) mass is 286 g/mol. The highest BCUT2D eigenvalue weighted by molar-refractivity contribution is 7.99. The molecule has 1 N–H and O–H groups in total. The Morgan fingerprint density at radius 1 is 1.37 bits per heavy atom. The van der Waals surface area contributed by atoms with Gasteiger partial charge in [-0.25, -0.2) is 0 Å². The summed E-state index contributed by atoms with van der Waals surface area (Å²) in [6, 6.07) is 0.818. The minimum atomic E-state index is 0.0245. The molecule has 0 unspecified atom stereocenters. The number of ether oxygens (including phenoxy) is 1. The Morgan fingerprint density at radius 3 is 2.79 bits per heavy atom. The quantitative estimate of drug-likeness (QED) is 0.800. The fourth-order valence-electron chi connectivity index (χ4n) is 2.84. The zero-order valence-electron chi connectivity index (χ0n) is 11.9. The summed E-state index contributed by atoms with van der Waals surface area (Å²) in [6.45, 7) is 5.94. The normalized spacial score (nSPS) is 25.6. The number of nitrogens with zero attached hydrogens (tertiary/aromatic N) is 1. The molecule has 0 aliphatic carbocycles. The second-order valence-electron chi connectivity index (χ2n) is 5.44. The van der Waals surface area contributed by atoms with Gasteiger partial charge in [-0.1, -0.05) is 0 Å². The van der Waals surface area contributed by atoms with Crippen molar-refractivity contribution in [2.75, 3.05) is 44.4 Å². The summed E-state index contributed by atoms with van der Waals surface area (Å²) in [5.41, 5.74) is 0. The van der Waals surface area contributed by atoms with Crippen molar-refractivity contribution in [1.29, 1.82) is 0 Å². The van der Waals surface area contributed by atoms with Gasteiger partial charge in [-0.15, -0.1) is 0 Å². The van der Waals surface area contributed by atoms with Gasteiger partial charge in [0.1, 0.15) is 6.61 Å². The highest BCUT2D eigenvalue weighted by Gasteiger charge is 2.27. The molecular weight excluding hydrogens is 260 g/mol. The first-order chi connectivity index (χ1) is 9.29. The molecule has 2 aliphatic heterocycles. The van der Waals surface area contributed by atoms with Crippen LogP contribution >= 0.6 is 11.8 Å². The van der Waals surface area contributed by atoms with Gasteiger partial charge in [-0.05, 0) is 50.9 Å². The first-order valence-corrected chi connectivity index (χ1v) is 8.61. The predicted molar refractivity (Wildman–Crippen MR) is 79.5 cm³/mol. The second kappa shape index (κ2) is 8.12. The molecule has 19 heavy (non-hydrogen) atoms. The molecule has 0 saturated carbocycles. The fourth-order valence-corrected chi connectivity index (χ4v) is 4.09. The van der Waals surface area contributed by atoms with E-state index in [0.29, 0.717) is 12.5 Å². The van der Waals surface area contributed by atoms with Crippen LogP contribution in [0.5, 0.6) is 0 Å². The molecule has 0 aromatic carbocycles. The molecule has 2 fully saturated rings. The van der Waals surface area contributed by atoms with Gasteiger partial charge in [0.15, 0.2) is 0 Å². The first-order valence-electron chi connectivity index (χ1n) is 7.45. The topological polar surface area (TPSA) is 41.6 Å². The first kappa shape index (κ1) is 15.1. The molecule has 0 radical (unpaired) electrons. The number of rotatable bonds is 6. The molecule has 5 heteroatoms. The highest BCUT2D eigenvalue weighted by Crippen LogP contribution is 2.26. The van der Waals surface area contributed by atoms with Crippen molar-refractivity contribution < 1.29 is 9.53 Å². The molecular formula is C14H26N2O2S. The van der Waals surface area contributed by atoms with Crippen LogP contribution in [0.4, 0.5) is 0 Å². The maximum Gasteiger partial charge on any atom is 0.246 e. The predicted octanol–water partition coefficient (Wildman–Crippen LogP) is 1.36. The lowest BCUT2D eigenvalue weighted by atomic mass is 9.95. The largest absolute Gasteiger partial charge is 0.372 e. The molecule has 2 saturated heterocycles. The molecule has 2 aliphatic rings. The van der Waals surface area contributed by atoms with E-state index in [1.807, 2.05) is 6.92 Å². The number of likely N-dealkylation sites (tertiary alicyclic amines) is 1. The number of amides is 1. The van der Waals surface area contributed by atoms with Gasteiger partial charge in [-0.2, -0.15) is 11.8 Å². The Morgan fingerprint density at radius 2 is 2.16 bits per heavy atom. The fraction of sp³-hybridized carbons (Fsp3) is 0.929. The SMILES string of the molecule is CCOCC(=O)NCC1CCN([C@H]2CCSC2)CC1. The van der Waals surface area contributed by atoms with Crippen LogP contribution in [0.2, 0.25) is 0 Å². The number of piperidine rings is 1. The van der Waals surface area contributed by atoms with Gasteiger partial charge in [-0.3, -0.25) is 9.69 Å². The molecule has 0 spiro atoms. The zero-order chi connectivity index (χ0) is 13.5. The number of carbonyl (C=O) groups excluding carboxylic acids is 1. The van der Waals surface area contributed by atoms with E-state index in [-0.39, 0.29) is 12.5 Å². The summed E-state index contributed by atoms with van der Waals surface area (Å²) in [6.07, 6.45) is 3.80. The van der Waals surface area contributed by atoms with Crippen LogP contribution in [-0.4, -0.2) is 61.2 Å². The average Bonchev–Trinajstić information content (AvgIpc) is 2.97. The third-order valence-corrected chi connectivity index (χ3v) is 5.24. The summed E-state index contributed by atoms with van der Waals surface area (Å²) in [5.74, 6) is 3.32. The Hall–Kier alpha value is -0.260. The Balaban J connectivity index is 1.59. The average molecular weight is 286 g/mol. The van der Waals surface area contributed by atoms with Gasteiger partial charge in [0.05, 0.1) is 0 Å². The molecule has 0 aromatic rings. The van der Waals surface area contributed by atoms with Crippen LogP contribution in [-0.2, 0) is 9.53 Å². The number of nitrogens with one attached hydrogen (secondary N) is 1. The van der Waals surface area contributed by atoms with Gasteiger partial charge in [0.25, 0.3) is 0 Å². The molecule has 2 rings (SSSR count). The Bertz CT molecular complexity index is 275. The minimum absolute atomic E-state index is 0.0245. The van der Waals surface area contributed by atoms with Gasteiger partial charge < -0.3 is 10.1 Å². The van der Waals surface area contributed by atoms with Crippen LogP contribution in [0.3, 0.4) is 0 Å². The van der Waals surface area contributed by atoms with Crippen LogP contribution in [0.25, 0.3) is 0 Å². The van der Waals surface area contributed by atoms with Crippen molar-refractivity contribution in [2.45, 2.75) is 32.2 Å². The van der Waals surface area contributed by atoms with E-state index < -0.39 is 0 Å². The van der Waals surface area contributed by atoms with Crippen molar-refractivity contribution in [3.05, 3.63) is 0 Å². The van der Waals surface area contributed by atoms with Crippen LogP contribution in [0.15, 0.2) is 0 Å². The summed E-state index contributed by atoms with van der Waals surface area (Å²) in [5, 5.41) is 2.98. The molecule has 4 nitrogen and oxygen atoms in total. The molecule has 2 heterocycles. The van der Waals surface area contributed by atoms with E-state index in [1.165, 1.54) is 43.9 Å². The third-order valence-electron chi connectivity index (χ3n) is 4.10. The summed E-state index contributed by atoms with van der Waals surface area (Å²) in [7, 11) is 0. The lowest BCUT2D eigenvalue weighted by molar-refractivity contribution is -0.125. The molecule has 110 valence electrons. The van der Waals surface area contributed by atoms with E-state index in [0.717, 1.165) is 12.6 Å². The second-order valence-corrected chi connectivity index (χ2v) is 6.59. The smallest absolute Gasteiger partial charge is 0.246 e. The van der Waals surface area contributed by atoms with Gasteiger partial charge >= 0.3 is 0 Å². The van der Waals surface area contributed by atoms with Crippen molar-refractivity contribution >= 4 is 17.7 Å². The maximum atomic E-state index is 11.5. The molecule has 1 atom stereocenters. The zero-order valence-corrected chi connectivity index (χ0v) is 12.7. The van der Waals surface area contributed by atoms with E-state index in [1.54, 1.807) is 0 Å². The van der Waals surface area contributed by atoms with E-state index in [9.17, 15) is 4.79 Å². The number of hydrogen-bond donors (Lipinski definition) is 1. The summed E-state index contributed by atoms with van der Waals surface area (Å²) < 4.78 is 5.10. The molecule has 0 aromatic heterocycles. The molecule has 1 amide bonds. The Kier molecular flexibility index (Phi) is 6.47. The third kappa shape index (κ3) is 4.97. The Labute approximate surface area is 120 Å². The molecule has 0 bridgehead atoms. The van der Waals surface area contributed by atoms with Crippen molar-refractivity contribution in [2.24, 2.45) is 5.92 Å². The highest BCUT2D eigenvalue weighted by atomic mass is 32.2. The van der Waals surface area contributed by atoms with Gasteiger partial charge in [0.2, 0.25) is 5.91 Å². The van der Waals surface area contributed by atoms with Crippen LogP contribution in [0, 0.1) is 5.92 Å². The summed E-state index contributed by atoms with van der Waals surface area (Å²) >= 11 is 2.09. The van der Waals surface area contributed by atoms with E-state index in [4.69, 9.17) is 4.74 Å². The van der Waals surface area contributed by atoms with Crippen LogP contribution < -0.4 is 5.32 Å². The minimum Gasteiger partial charge on any atom is -0.372 e. The number of carbonyl (C=O) groups is 1. The number of thioether (sulfide) groups is 1. The van der Waals surface area contributed by atoms with E-state index >= 15 is 0 Å². The lowest BCUT2D eigenvalue weighted by Crippen LogP contribution is -2.44. The van der Waals surface area contributed by atoms with Crippen LogP contribution in [0.1, 0.15) is 26.2 Å². The van der Waals surface area contributed by atoms with Gasteiger partial charge in [0, 0.05) is 24.9 Å².